The lowest BCUT2D eigenvalue weighted by Gasteiger charge is -2.25. The fourth-order valence-corrected chi connectivity index (χ4v) is 4.68. The van der Waals surface area contributed by atoms with Crippen LogP contribution in [0.25, 0.3) is 10.2 Å². The SMILES string of the molecule is CCOc1ccc2nc(N(CCN(CC)CC)C(=O)c3ccc4c(c3)OCCO4)sc2c1.Cl. The number of likely N-dealkylation sites (N-methyl/N-ethyl adjacent to an activating group) is 1. The molecule has 0 unspecified atom stereocenters. The van der Waals surface area contributed by atoms with E-state index in [0.717, 1.165) is 35.6 Å². The van der Waals surface area contributed by atoms with Crippen molar-refractivity contribution in [2.45, 2.75) is 20.8 Å². The van der Waals surface area contributed by atoms with Gasteiger partial charge in [0.05, 0.1) is 16.8 Å². The number of anilines is 1. The Kier molecular flexibility index (Phi) is 8.77. The molecule has 9 heteroatoms. The summed E-state index contributed by atoms with van der Waals surface area (Å²) in [5, 5.41) is 0.681. The van der Waals surface area contributed by atoms with Crippen molar-refractivity contribution in [3.8, 4) is 17.2 Å². The summed E-state index contributed by atoms with van der Waals surface area (Å²) in [5.74, 6) is 1.99. The summed E-state index contributed by atoms with van der Waals surface area (Å²) in [6.07, 6.45) is 0. The van der Waals surface area contributed by atoms with E-state index in [0.29, 0.717) is 48.6 Å². The van der Waals surface area contributed by atoms with Crippen LogP contribution >= 0.6 is 23.7 Å². The van der Waals surface area contributed by atoms with Crippen molar-refractivity contribution in [1.29, 1.82) is 0 Å². The fourth-order valence-electron chi connectivity index (χ4n) is 3.66. The first-order valence-corrected chi connectivity index (χ1v) is 11.9. The van der Waals surface area contributed by atoms with Crippen LogP contribution in [0.1, 0.15) is 31.1 Å². The van der Waals surface area contributed by atoms with Gasteiger partial charge in [-0.2, -0.15) is 0 Å². The van der Waals surface area contributed by atoms with Gasteiger partial charge in [-0.15, -0.1) is 12.4 Å². The maximum absolute atomic E-state index is 13.6. The lowest BCUT2D eigenvalue weighted by Crippen LogP contribution is -2.38. The molecule has 1 aromatic heterocycles. The van der Waals surface area contributed by atoms with Crippen molar-refractivity contribution >= 4 is 45.0 Å². The molecular weight excluding hydrogens is 462 g/mol. The number of benzene rings is 2. The highest BCUT2D eigenvalue weighted by atomic mass is 35.5. The average molecular weight is 492 g/mol. The molecule has 1 aliphatic heterocycles. The first kappa shape index (κ1) is 25.1. The normalized spacial score (nSPS) is 12.5. The number of carbonyl (C=O) groups is 1. The second kappa shape index (κ2) is 11.5. The van der Waals surface area contributed by atoms with Gasteiger partial charge in [-0.1, -0.05) is 25.2 Å². The third kappa shape index (κ3) is 5.69. The lowest BCUT2D eigenvalue weighted by molar-refractivity contribution is 0.0982. The summed E-state index contributed by atoms with van der Waals surface area (Å²) in [4.78, 5) is 22.5. The minimum atomic E-state index is -0.0989. The zero-order valence-electron chi connectivity index (χ0n) is 19.2. The van der Waals surface area contributed by atoms with Crippen LogP contribution in [0, 0.1) is 0 Å². The van der Waals surface area contributed by atoms with E-state index in [1.54, 1.807) is 23.1 Å². The maximum Gasteiger partial charge on any atom is 0.260 e. The number of carbonyl (C=O) groups excluding carboxylic acids is 1. The predicted octanol–water partition coefficient (Wildman–Crippen LogP) is 4.88. The lowest BCUT2D eigenvalue weighted by atomic mass is 10.1. The molecule has 2 aromatic carbocycles. The zero-order valence-corrected chi connectivity index (χ0v) is 20.8. The zero-order chi connectivity index (χ0) is 22.5. The summed E-state index contributed by atoms with van der Waals surface area (Å²) >= 11 is 1.50. The van der Waals surface area contributed by atoms with Crippen molar-refractivity contribution in [3.05, 3.63) is 42.0 Å². The Hall–Kier alpha value is -2.55. The van der Waals surface area contributed by atoms with Crippen LogP contribution in [-0.2, 0) is 0 Å². The minimum Gasteiger partial charge on any atom is -0.494 e. The number of nitrogens with zero attached hydrogens (tertiary/aromatic N) is 3. The molecule has 0 radical (unpaired) electrons. The molecule has 0 N–H and O–H groups in total. The summed E-state index contributed by atoms with van der Waals surface area (Å²) in [6, 6.07) is 11.2. The Morgan fingerprint density at radius 3 is 2.52 bits per heavy atom. The largest absolute Gasteiger partial charge is 0.494 e. The standard InChI is InChI=1S/C24H29N3O4S.ClH/c1-4-26(5-2)11-12-27(23(28)17-7-10-20-21(15-17)31-14-13-30-20)24-25-19-9-8-18(29-6-3)16-22(19)32-24;/h7-10,15-16H,4-6,11-14H2,1-3H3;1H. The van der Waals surface area contributed by atoms with Crippen molar-refractivity contribution < 1.29 is 19.0 Å². The molecule has 33 heavy (non-hydrogen) atoms. The molecule has 178 valence electrons. The average Bonchev–Trinajstić information content (AvgIpc) is 3.24. The van der Waals surface area contributed by atoms with E-state index in [-0.39, 0.29) is 18.3 Å². The molecule has 0 atom stereocenters. The quantitative estimate of drug-likeness (QED) is 0.425. The van der Waals surface area contributed by atoms with E-state index in [2.05, 4.69) is 18.7 Å². The molecule has 4 rings (SSSR count). The summed E-state index contributed by atoms with van der Waals surface area (Å²) in [6.45, 7) is 11.0. The number of rotatable bonds is 9. The molecule has 2 heterocycles. The van der Waals surface area contributed by atoms with E-state index < -0.39 is 0 Å². The van der Waals surface area contributed by atoms with Gasteiger partial charge in [-0.3, -0.25) is 9.69 Å². The summed E-state index contributed by atoms with van der Waals surface area (Å²) in [5.41, 5.74) is 1.42. The highest BCUT2D eigenvalue weighted by Gasteiger charge is 2.24. The molecule has 0 aliphatic carbocycles. The van der Waals surface area contributed by atoms with Gasteiger partial charge in [0.2, 0.25) is 0 Å². The van der Waals surface area contributed by atoms with E-state index in [1.165, 1.54) is 11.3 Å². The Morgan fingerprint density at radius 1 is 1.03 bits per heavy atom. The number of hydrogen-bond acceptors (Lipinski definition) is 7. The van der Waals surface area contributed by atoms with Gasteiger partial charge in [-0.05, 0) is 56.4 Å². The number of thiazole rings is 1. The summed E-state index contributed by atoms with van der Waals surface area (Å²) in [7, 11) is 0. The molecule has 7 nitrogen and oxygen atoms in total. The van der Waals surface area contributed by atoms with Gasteiger partial charge in [-0.25, -0.2) is 4.98 Å². The highest BCUT2D eigenvalue weighted by molar-refractivity contribution is 7.22. The molecule has 0 spiro atoms. The van der Waals surface area contributed by atoms with Crippen LogP contribution in [0.5, 0.6) is 17.2 Å². The van der Waals surface area contributed by atoms with Gasteiger partial charge in [0, 0.05) is 18.7 Å². The van der Waals surface area contributed by atoms with E-state index in [1.807, 2.05) is 25.1 Å². The molecule has 0 fully saturated rings. The van der Waals surface area contributed by atoms with Crippen LogP contribution in [-0.4, -0.2) is 61.8 Å². The minimum absolute atomic E-state index is 0. The molecule has 0 saturated carbocycles. The smallest absolute Gasteiger partial charge is 0.260 e. The van der Waals surface area contributed by atoms with Gasteiger partial charge >= 0.3 is 0 Å². The van der Waals surface area contributed by atoms with Crippen LogP contribution < -0.4 is 19.1 Å². The molecule has 1 amide bonds. The van der Waals surface area contributed by atoms with E-state index in [9.17, 15) is 4.79 Å². The second-order valence-corrected chi connectivity index (χ2v) is 8.41. The molecule has 3 aromatic rings. The first-order chi connectivity index (χ1) is 15.6. The number of halogens is 1. The van der Waals surface area contributed by atoms with Crippen LogP contribution in [0.2, 0.25) is 0 Å². The molecule has 0 saturated heterocycles. The number of aromatic nitrogens is 1. The van der Waals surface area contributed by atoms with Crippen molar-refractivity contribution in [2.24, 2.45) is 0 Å². The Labute approximate surface area is 204 Å². The number of amides is 1. The molecule has 1 aliphatic rings. The Balaban J connectivity index is 0.00000306. The summed E-state index contributed by atoms with van der Waals surface area (Å²) < 4.78 is 17.9. The predicted molar refractivity (Wildman–Crippen MR) is 135 cm³/mol. The van der Waals surface area contributed by atoms with Gasteiger partial charge in [0.1, 0.15) is 19.0 Å². The number of fused-ring (bicyclic) bond motifs is 2. The van der Waals surface area contributed by atoms with Gasteiger partial charge in [0.15, 0.2) is 16.6 Å². The Bertz CT molecular complexity index is 1090. The van der Waals surface area contributed by atoms with Crippen molar-refractivity contribution in [2.75, 3.05) is 50.9 Å². The van der Waals surface area contributed by atoms with E-state index in [4.69, 9.17) is 19.2 Å². The van der Waals surface area contributed by atoms with Gasteiger partial charge < -0.3 is 19.1 Å². The highest BCUT2D eigenvalue weighted by Crippen LogP contribution is 2.34. The van der Waals surface area contributed by atoms with Crippen LogP contribution in [0.3, 0.4) is 0 Å². The topological polar surface area (TPSA) is 64.1 Å². The molecular formula is C24H30ClN3O4S. The van der Waals surface area contributed by atoms with E-state index >= 15 is 0 Å². The van der Waals surface area contributed by atoms with Crippen molar-refractivity contribution in [1.82, 2.24) is 9.88 Å². The monoisotopic (exact) mass is 491 g/mol. The molecule has 0 bridgehead atoms. The number of hydrogen-bond donors (Lipinski definition) is 0. The van der Waals surface area contributed by atoms with Crippen LogP contribution in [0.4, 0.5) is 5.13 Å². The van der Waals surface area contributed by atoms with Gasteiger partial charge in [0.25, 0.3) is 5.91 Å². The number of ether oxygens (including phenoxy) is 3. The first-order valence-electron chi connectivity index (χ1n) is 11.1. The maximum atomic E-state index is 13.6. The Morgan fingerprint density at radius 2 is 1.79 bits per heavy atom. The second-order valence-electron chi connectivity index (χ2n) is 7.40. The van der Waals surface area contributed by atoms with Crippen molar-refractivity contribution in [3.63, 3.8) is 0 Å². The fraction of sp³-hybridized carbons (Fsp3) is 0.417. The van der Waals surface area contributed by atoms with Crippen LogP contribution in [0.15, 0.2) is 36.4 Å². The third-order valence-corrected chi connectivity index (χ3v) is 6.50. The third-order valence-electron chi connectivity index (χ3n) is 5.46.